The van der Waals surface area contributed by atoms with Gasteiger partial charge in [0.15, 0.2) is 0 Å². The Balaban J connectivity index is 3.07. The summed E-state index contributed by atoms with van der Waals surface area (Å²) in [6, 6.07) is 0. The molecule has 0 heterocycles. The second-order valence-electron chi connectivity index (χ2n) is 3.10. The molecular formula is C7H17NO. The summed E-state index contributed by atoms with van der Waals surface area (Å²) in [5.41, 5.74) is 5.27. The lowest BCUT2D eigenvalue weighted by Gasteiger charge is -2.18. The van der Waals surface area contributed by atoms with Gasteiger partial charge in [0.2, 0.25) is 0 Å². The Hall–Kier alpha value is -0.0800. The van der Waals surface area contributed by atoms with Gasteiger partial charge in [-0.3, -0.25) is 0 Å². The second-order valence-corrected chi connectivity index (χ2v) is 3.10. The Morgan fingerprint density at radius 1 is 1.33 bits per heavy atom. The standard InChI is InChI=1S/C7H17NO/c1-7(2,3)9-6-4-5-8/h4-6,8H2,1-3H3. The van der Waals surface area contributed by atoms with Crippen molar-refractivity contribution in [1.29, 1.82) is 0 Å². The third-order valence-corrected chi connectivity index (χ3v) is 0.884. The molecule has 0 aromatic heterocycles. The average molecular weight is 131 g/mol. The molecule has 9 heavy (non-hydrogen) atoms. The van der Waals surface area contributed by atoms with Gasteiger partial charge in [0.25, 0.3) is 0 Å². The van der Waals surface area contributed by atoms with Gasteiger partial charge in [0, 0.05) is 6.61 Å². The fourth-order valence-electron chi connectivity index (χ4n) is 0.462. The largest absolute Gasteiger partial charge is 0.376 e. The molecule has 0 saturated heterocycles. The molecule has 0 spiro atoms. The lowest BCUT2D eigenvalue weighted by Crippen LogP contribution is -2.20. The summed E-state index contributed by atoms with van der Waals surface area (Å²) in [4.78, 5) is 0. The molecule has 0 fully saturated rings. The molecule has 2 heteroatoms. The van der Waals surface area contributed by atoms with Gasteiger partial charge >= 0.3 is 0 Å². The Morgan fingerprint density at radius 3 is 2.22 bits per heavy atom. The monoisotopic (exact) mass is 131 g/mol. The highest BCUT2D eigenvalue weighted by atomic mass is 16.5. The van der Waals surface area contributed by atoms with Crippen LogP contribution in [-0.4, -0.2) is 18.8 Å². The molecule has 56 valence electrons. The van der Waals surface area contributed by atoms with E-state index in [2.05, 4.69) is 0 Å². The quantitative estimate of drug-likeness (QED) is 0.583. The lowest BCUT2D eigenvalue weighted by molar-refractivity contribution is -0.00310. The van der Waals surface area contributed by atoms with Gasteiger partial charge in [0.1, 0.15) is 0 Å². The number of nitrogens with two attached hydrogens (primary N) is 1. The van der Waals surface area contributed by atoms with Crippen LogP contribution in [0.3, 0.4) is 0 Å². The first kappa shape index (κ1) is 8.92. The normalized spacial score (nSPS) is 12.0. The van der Waals surface area contributed by atoms with Crippen LogP contribution in [0.1, 0.15) is 27.2 Å². The van der Waals surface area contributed by atoms with Gasteiger partial charge in [-0.15, -0.1) is 0 Å². The summed E-state index contributed by atoms with van der Waals surface area (Å²) in [7, 11) is 0. The minimum Gasteiger partial charge on any atom is -0.376 e. The van der Waals surface area contributed by atoms with Crippen molar-refractivity contribution in [2.75, 3.05) is 13.2 Å². The van der Waals surface area contributed by atoms with Gasteiger partial charge in [0.05, 0.1) is 5.60 Å². The van der Waals surface area contributed by atoms with Crippen LogP contribution >= 0.6 is 0 Å². The van der Waals surface area contributed by atoms with Gasteiger partial charge in [-0.25, -0.2) is 0 Å². The lowest BCUT2D eigenvalue weighted by atomic mass is 10.2. The summed E-state index contributed by atoms with van der Waals surface area (Å²) in [6.45, 7) is 7.63. The van der Waals surface area contributed by atoms with Crippen molar-refractivity contribution in [2.45, 2.75) is 32.8 Å². The van der Waals surface area contributed by atoms with E-state index in [1.54, 1.807) is 0 Å². The molecule has 0 aliphatic rings. The molecule has 2 N–H and O–H groups in total. The highest BCUT2D eigenvalue weighted by Crippen LogP contribution is 2.05. The van der Waals surface area contributed by atoms with Gasteiger partial charge in [-0.05, 0) is 33.7 Å². The van der Waals surface area contributed by atoms with Crippen LogP contribution in [0.5, 0.6) is 0 Å². The van der Waals surface area contributed by atoms with Crippen molar-refractivity contribution in [3.8, 4) is 0 Å². The predicted octanol–water partition coefficient (Wildman–Crippen LogP) is 1.15. The molecule has 0 aliphatic heterocycles. The molecule has 0 atom stereocenters. The maximum absolute atomic E-state index is 5.39. The fourth-order valence-corrected chi connectivity index (χ4v) is 0.462. The minimum absolute atomic E-state index is 0.00479. The van der Waals surface area contributed by atoms with Crippen molar-refractivity contribution in [2.24, 2.45) is 5.73 Å². The SMILES string of the molecule is CC(C)(C)OCCCN. The van der Waals surface area contributed by atoms with E-state index < -0.39 is 0 Å². The topological polar surface area (TPSA) is 35.2 Å². The molecule has 0 aromatic rings. The van der Waals surface area contributed by atoms with Crippen LogP contribution in [0.15, 0.2) is 0 Å². The molecule has 2 nitrogen and oxygen atoms in total. The zero-order valence-corrected chi connectivity index (χ0v) is 6.61. The molecular weight excluding hydrogens is 114 g/mol. The maximum atomic E-state index is 5.39. The minimum atomic E-state index is -0.00479. The number of rotatable bonds is 3. The van der Waals surface area contributed by atoms with Crippen LogP contribution in [0.2, 0.25) is 0 Å². The van der Waals surface area contributed by atoms with E-state index in [0.29, 0.717) is 0 Å². The molecule has 0 unspecified atom stereocenters. The second kappa shape index (κ2) is 3.85. The van der Waals surface area contributed by atoms with Crippen LogP contribution < -0.4 is 5.73 Å². The molecule has 0 saturated carbocycles. The van der Waals surface area contributed by atoms with Crippen molar-refractivity contribution < 1.29 is 4.74 Å². The Labute approximate surface area is 57.4 Å². The fraction of sp³-hybridized carbons (Fsp3) is 1.00. The third kappa shape index (κ3) is 7.92. The van der Waals surface area contributed by atoms with Crippen LogP contribution in [0, 0.1) is 0 Å². The molecule has 0 rings (SSSR count). The van der Waals surface area contributed by atoms with E-state index in [1.165, 1.54) is 0 Å². The average Bonchev–Trinajstić information content (AvgIpc) is 1.63. The summed E-state index contributed by atoms with van der Waals surface area (Å²) < 4.78 is 5.39. The van der Waals surface area contributed by atoms with Gasteiger partial charge < -0.3 is 10.5 Å². The molecule has 0 radical (unpaired) electrons. The van der Waals surface area contributed by atoms with Crippen LogP contribution in [0.4, 0.5) is 0 Å². The summed E-state index contributed by atoms with van der Waals surface area (Å²) in [5, 5.41) is 0. The van der Waals surface area contributed by atoms with Gasteiger partial charge in [-0.2, -0.15) is 0 Å². The van der Waals surface area contributed by atoms with E-state index in [0.717, 1.165) is 19.6 Å². The summed E-state index contributed by atoms with van der Waals surface area (Å²) in [5.74, 6) is 0. The first-order valence-corrected chi connectivity index (χ1v) is 3.40. The highest BCUT2D eigenvalue weighted by Gasteiger charge is 2.07. The van der Waals surface area contributed by atoms with Gasteiger partial charge in [-0.1, -0.05) is 0 Å². The van der Waals surface area contributed by atoms with E-state index in [9.17, 15) is 0 Å². The smallest absolute Gasteiger partial charge is 0.0598 e. The molecule has 0 aromatic carbocycles. The van der Waals surface area contributed by atoms with E-state index in [-0.39, 0.29) is 5.60 Å². The predicted molar refractivity (Wildman–Crippen MR) is 39.4 cm³/mol. The Bertz CT molecular complexity index is 65.8. The first-order valence-electron chi connectivity index (χ1n) is 3.40. The Morgan fingerprint density at radius 2 is 1.89 bits per heavy atom. The van der Waals surface area contributed by atoms with Crippen molar-refractivity contribution in [3.63, 3.8) is 0 Å². The van der Waals surface area contributed by atoms with Crippen molar-refractivity contribution >= 4 is 0 Å². The van der Waals surface area contributed by atoms with E-state index >= 15 is 0 Å². The molecule has 0 aliphatic carbocycles. The molecule has 0 bridgehead atoms. The number of ether oxygens (including phenoxy) is 1. The zero-order chi connectivity index (χ0) is 7.33. The van der Waals surface area contributed by atoms with Crippen molar-refractivity contribution in [1.82, 2.24) is 0 Å². The number of hydrogen-bond acceptors (Lipinski definition) is 2. The highest BCUT2D eigenvalue weighted by molar-refractivity contribution is 4.58. The third-order valence-electron chi connectivity index (χ3n) is 0.884. The molecule has 0 amide bonds. The summed E-state index contributed by atoms with van der Waals surface area (Å²) >= 11 is 0. The van der Waals surface area contributed by atoms with E-state index in [1.807, 2.05) is 20.8 Å². The van der Waals surface area contributed by atoms with Crippen LogP contribution in [0.25, 0.3) is 0 Å². The first-order chi connectivity index (χ1) is 4.06. The Kier molecular flexibility index (Phi) is 3.82. The zero-order valence-electron chi connectivity index (χ0n) is 6.61. The summed E-state index contributed by atoms with van der Waals surface area (Å²) in [6.07, 6.45) is 0.956. The van der Waals surface area contributed by atoms with E-state index in [4.69, 9.17) is 10.5 Å². The number of hydrogen-bond donors (Lipinski definition) is 1. The maximum Gasteiger partial charge on any atom is 0.0598 e. The van der Waals surface area contributed by atoms with Crippen molar-refractivity contribution in [3.05, 3.63) is 0 Å². The van der Waals surface area contributed by atoms with Crippen LogP contribution in [-0.2, 0) is 4.74 Å².